The molecule has 9 heteroatoms. The molecule has 2 aromatic carbocycles. The van der Waals surface area contributed by atoms with Gasteiger partial charge in [0.2, 0.25) is 0 Å². The second-order valence-corrected chi connectivity index (χ2v) is 15.0. The summed E-state index contributed by atoms with van der Waals surface area (Å²) in [4.78, 5) is 34.3. The van der Waals surface area contributed by atoms with Crippen molar-refractivity contribution in [1.82, 2.24) is 10.2 Å². The van der Waals surface area contributed by atoms with E-state index in [0.29, 0.717) is 37.3 Å². The second kappa shape index (κ2) is 13.5. The molecule has 45 heavy (non-hydrogen) atoms. The van der Waals surface area contributed by atoms with Gasteiger partial charge in [-0.3, -0.25) is 14.6 Å². The SMILES string of the molecule is CN=NC(C)CNC(=O)c1ccc(C(CCC(C)(C)C)N2C(=O)C(c3cc(F)cc(F)c3)=NC23CCC(C(C)(C)C)CC3)cc1. The van der Waals surface area contributed by atoms with Gasteiger partial charge in [-0.05, 0) is 92.0 Å². The van der Waals surface area contributed by atoms with E-state index < -0.39 is 17.3 Å². The van der Waals surface area contributed by atoms with E-state index in [2.05, 4.69) is 57.1 Å². The molecule has 2 aromatic rings. The summed E-state index contributed by atoms with van der Waals surface area (Å²) in [7, 11) is 1.60. The van der Waals surface area contributed by atoms with E-state index in [0.717, 1.165) is 30.9 Å². The van der Waals surface area contributed by atoms with Crippen molar-refractivity contribution in [2.45, 2.75) is 105 Å². The first kappa shape index (κ1) is 34.4. The molecule has 1 fully saturated rings. The summed E-state index contributed by atoms with van der Waals surface area (Å²) < 4.78 is 28.8. The molecule has 0 bridgehead atoms. The van der Waals surface area contributed by atoms with E-state index in [9.17, 15) is 18.4 Å². The Morgan fingerprint density at radius 2 is 1.64 bits per heavy atom. The molecule has 2 amide bonds. The van der Waals surface area contributed by atoms with Crippen molar-refractivity contribution in [2.24, 2.45) is 32.0 Å². The van der Waals surface area contributed by atoms with Gasteiger partial charge >= 0.3 is 0 Å². The topological polar surface area (TPSA) is 86.5 Å². The molecule has 0 aromatic heterocycles. The number of benzene rings is 2. The van der Waals surface area contributed by atoms with Gasteiger partial charge in [-0.2, -0.15) is 10.2 Å². The number of nitrogens with zero attached hydrogens (tertiary/aromatic N) is 4. The lowest BCUT2D eigenvalue weighted by atomic mass is 9.69. The molecule has 0 saturated heterocycles. The molecule has 244 valence electrons. The number of halogens is 2. The molecule has 2 atom stereocenters. The Labute approximate surface area is 267 Å². The van der Waals surface area contributed by atoms with Crippen LogP contribution in [-0.2, 0) is 4.79 Å². The lowest BCUT2D eigenvalue weighted by molar-refractivity contribution is -0.134. The van der Waals surface area contributed by atoms with Crippen LogP contribution in [0.1, 0.15) is 115 Å². The van der Waals surface area contributed by atoms with Crippen LogP contribution in [0.2, 0.25) is 0 Å². The molecule has 7 nitrogen and oxygen atoms in total. The fourth-order valence-electron chi connectivity index (χ4n) is 6.67. The van der Waals surface area contributed by atoms with Crippen molar-refractivity contribution in [3.8, 4) is 0 Å². The zero-order valence-corrected chi connectivity index (χ0v) is 28.1. The van der Waals surface area contributed by atoms with Crippen LogP contribution < -0.4 is 5.32 Å². The normalized spacial score (nSPS) is 22.2. The summed E-state index contributed by atoms with van der Waals surface area (Å²) in [6.07, 6.45) is 4.62. The maximum Gasteiger partial charge on any atom is 0.275 e. The zero-order valence-electron chi connectivity index (χ0n) is 28.1. The predicted molar refractivity (Wildman–Crippen MR) is 174 cm³/mol. The van der Waals surface area contributed by atoms with E-state index in [1.807, 2.05) is 24.0 Å². The van der Waals surface area contributed by atoms with Crippen molar-refractivity contribution in [3.63, 3.8) is 0 Å². The van der Waals surface area contributed by atoms with Gasteiger partial charge in [0, 0.05) is 30.8 Å². The molecule has 1 heterocycles. The lowest BCUT2D eigenvalue weighted by Crippen LogP contribution is -2.51. The molecule has 4 rings (SSSR count). The maximum atomic E-state index is 14.5. The van der Waals surface area contributed by atoms with Crippen LogP contribution in [0.15, 0.2) is 57.7 Å². The molecule has 1 N–H and O–H groups in total. The second-order valence-electron chi connectivity index (χ2n) is 15.0. The number of amides is 2. The van der Waals surface area contributed by atoms with Crippen LogP contribution in [0, 0.1) is 28.4 Å². The van der Waals surface area contributed by atoms with E-state index >= 15 is 0 Å². The summed E-state index contributed by atoms with van der Waals surface area (Å²) in [6.45, 7) is 15.5. The Hall–Kier alpha value is -3.49. The highest BCUT2D eigenvalue weighted by molar-refractivity contribution is 6.46. The number of nitrogens with one attached hydrogen (secondary N) is 1. The third-order valence-corrected chi connectivity index (χ3v) is 9.24. The highest BCUT2D eigenvalue weighted by Gasteiger charge is 2.52. The van der Waals surface area contributed by atoms with Crippen LogP contribution in [0.4, 0.5) is 8.78 Å². The standard InChI is InChI=1S/C36H49F2N5O2/c1-23(42-39-8)22-40-32(44)25-11-9-24(10-12-25)30(15-16-34(2,3)4)43-33(45)31(26-19-28(37)21-29(38)20-26)41-36(43)17-13-27(14-18-36)35(5,6)7/h9-12,19-21,23,27,30H,13-18,22H2,1-8H3,(H,40,44). The first-order valence-corrected chi connectivity index (χ1v) is 16.1. The van der Waals surface area contributed by atoms with Gasteiger partial charge in [0.15, 0.2) is 0 Å². The van der Waals surface area contributed by atoms with Crippen LogP contribution in [0.25, 0.3) is 0 Å². The molecule has 1 spiro atoms. The number of hydrogen-bond acceptors (Lipinski definition) is 5. The van der Waals surface area contributed by atoms with Gasteiger partial charge in [0.25, 0.3) is 11.8 Å². The average molecular weight is 622 g/mol. The fraction of sp³-hybridized carbons (Fsp3) is 0.583. The lowest BCUT2D eigenvalue weighted by Gasteiger charge is -2.47. The number of carbonyl (C=O) groups excluding carboxylic acids is 2. The highest BCUT2D eigenvalue weighted by atomic mass is 19.1. The number of rotatable bonds is 9. The largest absolute Gasteiger partial charge is 0.350 e. The molecule has 2 aliphatic rings. The van der Waals surface area contributed by atoms with Gasteiger partial charge in [0.1, 0.15) is 23.0 Å². The summed E-state index contributed by atoms with van der Waals surface area (Å²) in [5.41, 5.74) is 0.977. The third kappa shape index (κ3) is 8.22. The molecule has 2 unspecified atom stereocenters. The number of aliphatic imine (C=N–C) groups is 1. The van der Waals surface area contributed by atoms with Crippen molar-refractivity contribution in [2.75, 3.05) is 13.6 Å². The Bertz CT molecular complexity index is 1410. The van der Waals surface area contributed by atoms with Gasteiger partial charge in [0.05, 0.1) is 12.1 Å². The first-order chi connectivity index (χ1) is 21.0. The molecule has 1 saturated carbocycles. The molecule has 1 aliphatic carbocycles. The minimum atomic E-state index is -0.820. The summed E-state index contributed by atoms with van der Waals surface area (Å²) in [5, 5.41) is 10.7. The average Bonchev–Trinajstić information content (AvgIpc) is 3.22. The van der Waals surface area contributed by atoms with E-state index in [1.165, 1.54) is 12.1 Å². The Balaban J connectivity index is 1.73. The summed E-state index contributed by atoms with van der Waals surface area (Å²) >= 11 is 0. The number of carbonyl (C=O) groups is 2. The smallest absolute Gasteiger partial charge is 0.275 e. The van der Waals surface area contributed by atoms with Gasteiger partial charge in [-0.15, -0.1) is 0 Å². The van der Waals surface area contributed by atoms with Gasteiger partial charge in [-0.1, -0.05) is 53.7 Å². The van der Waals surface area contributed by atoms with Crippen molar-refractivity contribution in [3.05, 3.63) is 70.8 Å². The van der Waals surface area contributed by atoms with E-state index in [4.69, 9.17) is 4.99 Å². The number of hydrogen-bond donors (Lipinski definition) is 1. The first-order valence-electron chi connectivity index (χ1n) is 16.1. The molecule has 0 radical (unpaired) electrons. The monoisotopic (exact) mass is 621 g/mol. The van der Waals surface area contributed by atoms with Crippen LogP contribution >= 0.6 is 0 Å². The molecular weight excluding hydrogens is 572 g/mol. The van der Waals surface area contributed by atoms with Crippen molar-refractivity contribution in [1.29, 1.82) is 0 Å². The van der Waals surface area contributed by atoms with Gasteiger partial charge < -0.3 is 10.2 Å². The van der Waals surface area contributed by atoms with Crippen molar-refractivity contribution < 1.29 is 18.4 Å². The minimum Gasteiger partial charge on any atom is -0.350 e. The van der Waals surface area contributed by atoms with E-state index in [-0.39, 0.29) is 46.0 Å². The highest BCUT2D eigenvalue weighted by Crippen LogP contribution is 2.50. The van der Waals surface area contributed by atoms with Crippen LogP contribution in [0.5, 0.6) is 0 Å². The van der Waals surface area contributed by atoms with Gasteiger partial charge in [-0.25, -0.2) is 8.78 Å². The fourth-order valence-corrected chi connectivity index (χ4v) is 6.67. The summed E-state index contributed by atoms with van der Waals surface area (Å²) in [5.74, 6) is -1.53. The van der Waals surface area contributed by atoms with E-state index in [1.54, 1.807) is 19.2 Å². The Morgan fingerprint density at radius 3 is 2.18 bits per heavy atom. The minimum absolute atomic E-state index is 0.000196. The number of azo groups is 1. The zero-order chi connectivity index (χ0) is 33.2. The Morgan fingerprint density at radius 1 is 1.04 bits per heavy atom. The maximum absolute atomic E-state index is 14.5. The van der Waals surface area contributed by atoms with Crippen LogP contribution in [-0.4, -0.2) is 47.7 Å². The Kier molecular flexibility index (Phi) is 10.3. The van der Waals surface area contributed by atoms with Crippen LogP contribution in [0.3, 0.4) is 0 Å². The predicted octanol–water partition coefficient (Wildman–Crippen LogP) is 8.30. The molecular formula is C36H49F2N5O2. The quantitative estimate of drug-likeness (QED) is 0.286. The third-order valence-electron chi connectivity index (χ3n) is 9.24. The molecule has 1 aliphatic heterocycles. The van der Waals surface area contributed by atoms with Crippen molar-refractivity contribution >= 4 is 17.5 Å². The summed E-state index contributed by atoms with van der Waals surface area (Å²) in [6, 6.07) is 10.1.